The fraction of sp³-hybridized carbons (Fsp3) is 0.333. The number of carboxylic acids is 1. The third kappa shape index (κ3) is 2.56. The third-order valence-corrected chi connectivity index (χ3v) is 1.37. The second-order valence-corrected chi connectivity index (χ2v) is 2.78. The molecule has 0 bridgehead atoms. The highest BCUT2D eigenvalue weighted by Crippen LogP contribution is 2.24. The molecular formula is C6H5ClF2N2O3. The summed E-state index contributed by atoms with van der Waals surface area (Å²) in [5, 5.41) is 11.9. The van der Waals surface area contributed by atoms with Crippen LogP contribution in [0.1, 0.15) is 10.5 Å². The third-order valence-electron chi connectivity index (χ3n) is 1.30. The SMILES string of the molecule is Cn1nc(OC(F)(F)Cl)cc1C(=O)O. The molecule has 0 atom stereocenters. The van der Waals surface area contributed by atoms with E-state index in [1.165, 1.54) is 7.05 Å². The van der Waals surface area contributed by atoms with Crippen molar-refractivity contribution in [3.05, 3.63) is 11.8 Å². The summed E-state index contributed by atoms with van der Waals surface area (Å²) in [6, 6.07) is 0.846. The van der Waals surface area contributed by atoms with Crippen molar-refractivity contribution in [2.75, 3.05) is 0 Å². The average Bonchev–Trinajstić information content (AvgIpc) is 2.26. The Morgan fingerprint density at radius 1 is 1.79 bits per heavy atom. The minimum absolute atomic E-state index is 0.277. The zero-order valence-electron chi connectivity index (χ0n) is 6.87. The van der Waals surface area contributed by atoms with Gasteiger partial charge < -0.3 is 9.84 Å². The van der Waals surface area contributed by atoms with Gasteiger partial charge in [0.25, 0.3) is 0 Å². The molecule has 1 aromatic rings. The molecule has 0 amide bonds. The molecule has 0 fully saturated rings. The number of rotatable bonds is 3. The van der Waals surface area contributed by atoms with Crippen LogP contribution in [0.3, 0.4) is 0 Å². The van der Waals surface area contributed by atoms with Crippen molar-refractivity contribution in [2.24, 2.45) is 7.05 Å². The van der Waals surface area contributed by atoms with E-state index in [1.807, 2.05) is 0 Å². The van der Waals surface area contributed by atoms with E-state index in [9.17, 15) is 13.6 Å². The molecule has 8 heteroatoms. The van der Waals surface area contributed by atoms with Crippen LogP contribution in [0.4, 0.5) is 8.78 Å². The summed E-state index contributed by atoms with van der Waals surface area (Å²) >= 11 is 4.46. The van der Waals surface area contributed by atoms with Crippen LogP contribution in [0.25, 0.3) is 0 Å². The lowest BCUT2D eigenvalue weighted by Gasteiger charge is -2.05. The first-order chi connectivity index (χ1) is 6.29. The molecule has 78 valence electrons. The number of aromatic carboxylic acids is 1. The van der Waals surface area contributed by atoms with Crippen LogP contribution >= 0.6 is 11.6 Å². The lowest BCUT2D eigenvalue weighted by molar-refractivity contribution is -0.0993. The Labute approximate surface area is 81.8 Å². The standard InChI is InChI=1S/C6H5ClF2N2O3/c1-11-3(5(12)13)2-4(10-11)14-6(7,8)9/h2H,1H3,(H,12,13). The van der Waals surface area contributed by atoms with Crippen molar-refractivity contribution in [2.45, 2.75) is 5.57 Å². The van der Waals surface area contributed by atoms with Crippen molar-refractivity contribution >= 4 is 17.6 Å². The van der Waals surface area contributed by atoms with Gasteiger partial charge in [-0.05, 0) is 0 Å². The maximum absolute atomic E-state index is 12.1. The Bertz CT molecular complexity index is 360. The molecule has 0 spiro atoms. The average molecular weight is 227 g/mol. The van der Waals surface area contributed by atoms with E-state index in [-0.39, 0.29) is 5.69 Å². The predicted octanol–water partition coefficient (Wildman–Crippen LogP) is 1.29. The van der Waals surface area contributed by atoms with Crippen LogP contribution in [0.5, 0.6) is 5.88 Å². The quantitative estimate of drug-likeness (QED) is 0.789. The largest absolute Gasteiger partial charge is 0.488 e. The van der Waals surface area contributed by atoms with Crippen LogP contribution in [0.15, 0.2) is 6.07 Å². The Morgan fingerprint density at radius 3 is 2.71 bits per heavy atom. The molecule has 5 nitrogen and oxygen atoms in total. The zero-order valence-corrected chi connectivity index (χ0v) is 7.63. The van der Waals surface area contributed by atoms with Gasteiger partial charge in [0.05, 0.1) is 0 Å². The number of aryl methyl sites for hydroxylation is 1. The van der Waals surface area contributed by atoms with E-state index in [2.05, 4.69) is 21.4 Å². The first-order valence-electron chi connectivity index (χ1n) is 3.32. The number of nitrogens with zero attached hydrogens (tertiary/aromatic N) is 2. The van der Waals surface area contributed by atoms with Crippen molar-refractivity contribution < 1.29 is 23.4 Å². The number of carbonyl (C=O) groups is 1. The van der Waals surface area contributed by atoms with Crippen molar-refractivity contribution in [1.29, 1.82) is 0 Å². The molecule has 1 N–H and O–H groups in total. The summed E-state index contributed by atoms with van der Waals surface area (Å²) in [6.07, 6.45) is 0. The highest BCUT2D eigenvalue weighted by molar-refractivity contribution is 6.20. The van der Waals surface area contributed by atoms with Gasteiger partial charge in [-0.1, -0.05) is 0 Å². The molecule has 0 aromatic carbocycles. The first-order valence-corrected chi connectivity index (χ1v) is 3.70. The summed E-state index contributed by atoms with van der Waals surface area (Å²) in [5.74, 6) is -1.85. The van der Waals surface area contributed by atoms with Crippen molar-refractivity contribution in [3.63, 3.8) is 0 Å². The molecule has 0 saturated heterocycles. The number of hydrogen-bond acceptors (Lipinski definition) is 3. The molecular weight excluding hydrogens is 222 g/mol. The van der Waals surface area contributed by atoms with Gasteiger partial charge in [0.2, 0.25) is 5.88 Å². The van der Waals surface area contributed by atoms with Crippen LogP contribution < -0.4 is 4.74 Å². The molecule has 0 aliphatic heterocycles. The summed E-state index contributed by atoms with van der Waals surface area (Å²) < 4.78 is 28.9. The van der Waals surface area contributed by atoms with E-state index in [0.717, 1.165) is 10.7 Å². The van der Waals surface area contributed by atoms with Gasteiger partial charge >= 0.3 is 11.5 Å². The van der Waals surface area contributed by atoms with E-state index < -0.39 is 17.4 Å². The number of aromatic nitrogens is 2. The van der Waals surface area contributed by atoms with Gasteiger partial charge in [-0.25, -0.2) is 4.79 Å². The van der Waals surface area contributed by atoms with Crippen molar-refractivity contribution in [1.82, 2.24) is 9.78 Å². The number of carboxylic acid groups (broad SMARTS) is 1. The van der Waals surface area contributed by atoms with Gasteiger partial charge in [0.15, 0.2) is 0 Å². The molecule has 0 unspecified atom stereocenters. The van der Waals surface area contributed by atoms with Crippen LogP contribution in [0, 0.1) is 0 Å². The number of alkyl halides is 3. The maximum Gasteiger partial charge on any atom is 0.488 e. The smallest absolute Gasteiger partial charge is 0.477 e. The van der Waals surface area contributed by atoms with Gasteiger partial charge in [0.1, 0.15) is 5.69 Å². The minimum atomic E-state index is -3.90. The lowest BCUT2D eigenvalue weighted by Crippen LogP contribution is -2.16. The predicted molar refractivity (Wildman–Crippen MR) is 41.6 cm³/mol. The molecule has 1 aromatic heterocycles. The van der Waals surface area contributed by atoms with Gasteiger partial charge in [-0.15, -0.1) is 13.9 Å². The Morgan fingerprint density at radius 2 is 2.36 bits per heavy atom. The monoisotopic (exact) mass is 226 g/mol. The van der Waals surface area contributed by atoms with E-state index in [1.54, 1.807) is 0 Å². The lowest BCUT2D eigenvalue weighted by atomic mass is 10.4. The molecule has 1 heterocycles. The van der Waals surface area contributed by atoms with Gasteiger partial charge in [-0.3, -0.25) is 4.68 Å². The summed E-state index contributed by atoms with van der Waals surface area (Å²) in [5.41, 5.74) is -4.18. The molecule has 0 radical (unpaired) electrons. The Hall–Kier alpha value is -1.37. The summed E-state index contributed by atoms with van der Waals surface area (Å²) in [6.45, 7) is 0. The molecule has 14 heavy (non-hydrogen) atoms. The molecule has 0 aliphatic rings. The number of hydrogen-bond donors (Lipinski definition) is 1. The van der Waals surface area contributed by atoms with Crippen LogP contribution in [0.2, 0.25) is 0 Å². The second-order valence-electron chi connectivity index (χ2n) is 2.34. The zero-order chi connectivity index (χ0) is 10.9. The second kappa shape index (κ2) is 3.41. The van der Waals surface area contributed by atoms with Crippen LogP contribution in [-0.4, -0.2) is 26.4 Å². The molecule has 1 rings (SSSR count). The van der Waals surface area contributed by atoms with E-state index in [4.69, 9.17) is 5.11 Å². The van der Waals surface area contributed by atoms with Gasteiger partial charge in [-0.2, -0.15) is 0 Å². The van der Waals surface area contributed by atoms with E-state index in [0.29, 0.717) is 0 Å². The summed E-state index contributed by atoms with van der Waals surface area (Å²) in [4.78, 5) is 10.5. The number of halogens is 3. The highest BCUT2D eigenvalue weighted by atomic mass is 35.5. The fourth-order valence-electron chi connectivity index (χ4n) is 0.810. The topological polar surface area (TPSA) is 64.4 Å². The van der Waals surface area contributed by atoms with Crippen LogP contribution in [-0.2, 0) is 7.05 Å². The number of ether oxygens (including phenoxy) is 1. The molecule has 0 aliphatic carbocycles. The van der Waals surface area contributed by atoms with Crippen molar-refractivity contribution in [3.8, 4) is 5.88 Å². The maximum atomic E-state index is 12.1. The highest BCUT2D eigenvalue weighted by Gasteiger charge is 2.29. The Kier molecular flexibility index (Phi) is 2.61. The van der Waals surface area contributed by atoms with Gasteiger partial charge in [0, 0.05) is 24.7 Å². The minimum Gasteiger partial charge on any atom is -0.477 e. The van der Waals surface area contributed by atoms with E-state index >= 15 is 0 Å². The Balaban J connectivity index is 2.92. The molecule has 0 saturated carbocycles. The summed E-state index contributed by atoms with van der Waals surface area (Å²) in [7, 11) is 1.28. The fourth-order valence-corrected chi connectivity index (χ4v) is 0.889. The first kappa shape index (κ1) is 10.7. The normalized spacial score (nSPS) is 11.4.